The standard InChI is InChI=1S/C14H16N2O/c1-11-6-7-13(15-8-11)9-16-14-5-3-2-4-12(14)10-17/h2-8,16-17H,9-10H2,1H3. The number of hydrogen-bond acceptors (Lipinski definition) is 3. The highest BCUT2D eigenvalue weighted by Crippen LogP contribution is 2.15. The van der Waals surface area contributed by atoms with Crippen LogP contribution in [0.15, 0.2) is 42.6 Å². The summed E-state index contributed by atoms with van der Waals surface area (Å²) >= 11 is 0. The fraction of sp³-hybridized carbons (Fsp3) is 0.214. The molecule has 1 aromatic heterocycles. The van der Waals surface area contributed by atoms with Gasteiger partial charge in [-0.3, -0.25) is 4.98 Å². The van der Waals surface area contributed by atoms with Crippen molar-refractivity contribution in [2.24, 2.45) is 0 Å². The van der Waals surface area contributed by atoms with Crippen LogP contribution in [0.1, 0.15) is 16.8 Å². The van der Waals surface area contributed by atoms with Crippen molar-refractivity contribution in [3.63, 3.8) is 0 Å². The molecule has 1 heterocycles. The molecule has 0 amide bonds. The number of nitrogens with zero attached hydrogens (tertiary/aromatic N) is 1. The molecule has 0 unspecified atom stereocenters. The first-order valence-corrected chi connectivity index (χ1v) is 5.64. The Morgan fingerprint density at radius 2 is 2.00 bits per heavy atom. The topological polar surface area (TPSA) is 45.1 Å². The molecule has 0 fully saturated rings. The van der Waals surface area contributed by atoms with Crippen molar-refractivity contribution < 1.29 is 5.11 Å². The van der Waals surface area contributed by atoms with Gasteiger partial charge in [0.25, 0.3) is 0 Å². The van der Waals surface area contributed by atoms with Crippen LogP contribution in [0.4, 0.5) is 5.69 Å². The van der Waals surface area contributed by atoms with E-state index in [1.165, 1.54) is 0 Å². The molecule has 0 radical (unpaired) electrons. The van der Waals surface area contributed by atoms with E-state index in [4.69, 9.17) is 0 Å². The van der Waals surface area contributed by atoms with E-state index in [-0.39, 0.29) is 6.61 Å². The summed E-state index contributed by atoms with van der Waals surface area (Å²) < 4.78 is 0. The van der Waals surface area contributed by atoms with E-state index >= 15 is 0 Å². The molecule has 0 aliphatic heterocycles. The average molecular weight is 228 g/mol. The summed E-state index contributed by atoms with van der Waals surface area (Å²) in [5.41, 5.74) is 4.00. The summed E-state index contributed by atoms with van der Waals surface area (Å²) in [6.45, 7) is 2.73. The number of hydrogen-bond donors (Lipinski definition) is 2. The van der Waals surface area contributed by atoms with E-state index in [0.29, 0.717) is 6.54 Å². The summed E-state index contributed by atoms with van der Waals surface area (Å²) in [5, 5.41) is 12.5. The molecular weight excluding hydrogens is 212 g/mol. The number of benzene rings is 1. The Bertz CT molecular complexity index is 480. The zero-order chi connectivity index (χ0) is 12.1. The van der Waals surface area contributed by atoms with Crippen molar-refractivity contribution >= 4 is 5.69 Å². The Morgan fingerprint density at radius 3 is 2.71 bits per heavy atom. The number of aromatic nitrogens is 1. The van der Waals surface area contributed by atoms with Crippen LogP contribution >= 0.6 is 0 Å². The lowest BCUT2D eigenvalue weighted by molar-refractivity contribution is 0.282. The Morgan fingerprint density at radius 1 is 1.18 bits per heavy atom. The maximum atomic E-state index is 9.20. The Balaban J connectivity index is 2.04. The fourth-order valence-corrected chi connectivity index (χ4v) is 1.62. The van der Waals surface area contributed by atoms with E-state index in [0.717, 1.165) is 22.5 Å². The molecule has 2 N–H and O–H groups in total. The van der Waals surface area contributed by atoms with E-state index in [1.54, 1.807) is 0 Å². The third-order valence-corrected chi connectivity index (χ3v) is 2.62. The number of nitrogens with one attached hydrogen (secondary N) is 1. The third-order valence-electron chi connectivity index (χ3n) is 2.62. The number of rotatable bonds is 4. The van der Waals surface area contributed by atoms with Gasteiger partial charge in [0.05, 0.1) is 18.8 Å². The van der Waals surface area contributed by atoms with Gasteiger partial charge in [-0.05, 0) is 24.6 Å². The van der Waals surface area contributed by atoms with E-state index in [9.17, 15) is 5.11 Å². The number of para-hydroxylation sites is 1. The van der Waals surface area contributed by atoms with Crippen LogP contribution in [0, 0.1) is 6.92 Å². The molecule has 3 nitrogen and oxygen atoms in total. The van der Waals surface area contributed by atoms with Gasteiger partial charge in [-0.15, -0.1) is 0 Å². The molecule has 2 aromatic rings. The lowest BCUT2D eigenvalue weighted by Gasteiger charge is -2.09. The van der Waals surface area contributed by atoms with Crippen LogP contribution in [-0.4, -0.2) is 10.1 Å². The molecule has 3 heteroatoms. The van der Waals surface area contributed by atoms with Crippen LogP contribution in [0.3, 0.4) is 0 Å². The second-order valence-electron chi connectivity index (χ2n) is 4.00. The van der Waals surface area contributed by atoms with Gasteiger partial charge in [-0.25, -0.2) is 0 Å². The van der Waals surface area contributed by atoms with Crippen LogP contribution in [0.2, 0.25) is 0 Å². The van der Waals surface area contributed by atoms with Gasteiger partial charge in [0.15, 0.2) is 0 Å². The summed E-state index contributed by atoms with van der Waals surface area (Å²) in [6, 6.07) is 11.8. The minimum Gasteiger partial charge on any atom is -0.392 e. The second-order valence-corrected chi connectivity index (χ2v) is 4.00. The fourth-order valence-electron chi connectivity index (χ4n) is 1.62. The predicted molar refractivity (Wildman–Crippen MR) is 68.7 cm³/mol. The zero-order valence-electron chi connectivity index (χ0n) is 9.85. The van der Waals surface area contributed by atoms with Crippen LogP contribution in [-0.2, 0) is 13.2 Å². The lowest BCUT2D eigenvalue weighted by Crippen LogP contribution is -2.03. The van der Waals surface area contributed by atoms with Crippen molar-refractivity contribution in [2.45, 2.75) is 20.1 Å². The average Bonchev–Trinajstić information content (AvgIpc) is 2.38. The normalized spacial score (nSPS) is 10.2. The van der Waals surface area contributed by atoms with Gasteiger partial charge in [-0.1, -0.05) is 24.3 Å². The molecule has 0 aliphatic rings. The zero-order valence-corrected chi connectivity index (χ0v) is 9.85. The second kappa shape index (κ2) is 5.46. The third kappa shape index (κ3) is 3.04. The minimum atomic E-state index is 0.0461. The number of aliphatic hydroxyl groups is 1. The first kappa shape index (κ1) is 11.6. The molecule has 0 saturated heterocycles. The van der Waals surface area contributed by atoms with Gasteiger partial charge in [-0.2, -0.15) is 0 Å². The largest absolute Gasteiger partial charge is 0.392 e. The number of aryl methyl sites for hydroxylation is 1. The molecule has 0 spiro atoms. The lowest BCUT2D eigenvalue weighted by atomic mass is 10.2. The molecule has 1 aromatic carbocycles. The highest BCUT2D eigenvalue weighted by molar-refractivity contribution is 5.50. The molecule has 17 heavy (non-hydrogen) atoms. The SMILES string of the molecule is Cc1ccc(CNc2ccccc2CO)nc1. The minimum absolute atomic E-state index is 0.0461. The van der Waals surface area contributed by atoms with E-state index < -0.39 is 0 Å². The van der Waals surface area contributed by atoms with Crippen molar-refractivity contribution in [2.75, 3.05) is 5.32 Å². The summed E-state index contributed by atoms with van der Waals surface area (Å²) in [6.07, 6.45) is 1.86. The highest BCUT2D eigenvalue weighted by Gasteiger charge is 2.00. The number of aliphatic hydroxyl groups excluding tert-OH is 1. The van der Waals surface area contributed by atoms with Gasteiger partial charge in [0, 0.05) is 17.4 Å². The summed E-state index contributed by atoms with van der Waals surface area (Å²) in [7, 11) is 0. The van der Waals surface area contributed by atoms with Crippen LogP contribution < -0.4 is 5.32 Å². The van der Waals surface area contributed by atoms with Crippen LogP contribution in [0.25, 0.3) is 0 Å². The Kier molecular flexibility index (Phi) is 3.73. The predicted octanol–water partition coefficient (Wildman–Crippen LogP) is 2.49. The van der Waals surface area contributed by atoms with E-state index in [2.05, 4.69) is 10.3 Å². The summed E-state index contributed by atoms with van der Waals surface area (Å²) in [4.78, 5) is 4.32. The van der Waals surface area contributed by atoms with Gasteiger partial charge >= 0.3 is 0 Å². The smallest absolute Gasteiger partial charge is 0.0701 e. The molecule has 0 saturated carbocycles. The number of pyridine rings is 1. The maximum Gasteiger partial charge on any atom is 0.0701 e. The first-order valence-electron chi connectivity index (χ1n) is 5.64. The monoisotopic (exact) mass is 228 g/mol. The molecule has 0 aliphatic carbocycles. The van der Waals surface area contributed by atoms with Crippen molar-refractivity contribution in [1.82, 2.24) is 4.98 Å². The molecule has 0 bridgehead atoms. The molecular formula is C14H16N2O. The van der Waals surface area contributed by atoms with Crippen LogP contribution in [0.5, 0.6) is 0 Å². The number of anilines is 1. The Hall–Kier alpha value is -1.87. The van der Waals surface area contributed by atoms with Crippen molar-refractivity contribution in [1.29, 1.82) is 0 Å². The first-order chi connectivity index (χ1) is 8.29. The highest BCUT2D eigenvalue weighted by atomic mass is 16.3. The maximum absolute atomic E-state index is 9.20. The van der Waals surface area contributed by atoms with Crippen molar-refractivity contribution in [3.8, 4) is 0 Å². The van der Waals surface area contributed by atoms with E-state index in [1.807, 2.05) is 49.5 Å². The Labute approximate surface area is 101 Å². The summed E-state index contributed by atoms with van der Waals surface area (Å²) in [5.74, 6) is 0. The molecule has 0 atom stereocenters. The molecule has 2 rings (SSSR count). The quantitative estimate of drug-likeness (QED) is 0.845. The van der Waals surface area contributed by atoms with Gasteiger partial charge < -0.3 is 10.4 Å². The van der Waals surface area contributed by atoms with Gasteiger partial charge in [0.2, 0.25) is 0 Å². The molecule has 88 valence electrons. The van der Waals surface area contributed by atoms with Gasteiger partial charge in [0.1, 0.15) is 0 Å². The van der Waals surface area contributed by atoms with Crippen molar-refractivity contribution in [3.05, 3.63) is 59.4 Å².